The van der Waals surface area contributed by atoms with Crippen molar-refractivity contribution in [2.24, 2.45) is 5.92 Å². The van der Waals surface area contributed by atoms with Gasteiger partial charge < -0.3 is 14.1 Å². The molecule has 2 bridgehead atoms. The quantitative estimate of drug-likeness (QED) is 0.660. The number of benzene rings is 1. The normalized spacial score (nSPS) is 28.8. The van der Waals surface area contributed by atoms with Gasteiger partial charge >= 0.3 is 12.1 Å². The summed E-state index contributed by atoms with van der Waals surface area (Å²) in [6.07, 6.45) is 2.46. The molecule has 34 heavy (non-hydrogen) atoms. The summed E-state index contributed by atoms with van der Waals surface area (Å²) >= 11 is 0. The zero-order chi connectivity index (χ0) is 24.1. The van der Waals surface area contributed by atoms with Crippen molar-refractivity contribution < 1.29 is 23.6 Å². The van der Waals surface area contributed by atoms with Crippen LogP contribution < -0.4 is 0 Å². The number of nitrogens with zero attached hydrogens (tertiary/aromatic N) is 5. The van der Waals surface area contributed by atoms with Crippen LogP contribution in [-0.4, -0.2) is 68.0 Å². The monoisotopic (exact) mass is 469 g/mol. The maximum Gasteiger partial charge on any atom is 0.411 e. The number of hydrogen-bond donors (Lipinski definition) is 0. The molecule has 0 spiro atoms. The van der Waals surface area contributed by atoms with Crippen LogP contribution in [0, 0.1) is 5.92 Å². The van der Waals surface area contributed by atoms with E-state index in [0.29, 0.717) is 25.6 Å². The summed E-state index contributed by atoms with van der Waals surface area (Å²) < 4.78 is 11.2. The molecular formula is C24H31N5O5. The topological polar surface area (TPSA) is 101 Å². The number of urea groups is 1. The molecule has 10 heteroatoms. The highest BCUT2D eigenvalue weighted by molar-refractivity contribution is 5.77. The Morgan fingerprint density at radius 1 is 1.21 bits per heavy atom. The van der Waals surface area contributed by atoms with Gasteiger partial charge in [0, 0.05) is 25.0 Å². The number of fused-ring (bicyclic) bond motifs is 2. The van der Waals surface area contributed by atoms with Gasteiger partial charge in [-0.2, -0.15) is 5.06 Å². The van der Waals surface area contributed by atoms with Crippen molar-refractivity contribution in [1.29, 1.82) is 0 Å². The molecule has 0 radical (unpaired) electrons. The van der Waals surface area contributed by atoms with E-state index < -0.39 is 17.2 Å². The first-order valence-corrected chi connectivity index (χ1v) is 11.7. The number of piperidine rings is 1. The number of aromatic nitrogens is 2. The molecule has 182 valence electrons. The number of ether oxygens (including phenoxy) is 1. The Morgan fingerprint density at radius 2 is 1.97 bits per heavy atom. The van der Waals surface area contributed by atoms with Crippen LogP contribution in [0.5, 0.6) is 0 Å². The molecular weight excluding hydrogens is 438 g/mol. The van der Waals surface area contributed by atoms with E-state index in [1.165, 1.54) is 11.5 Å². The lowest BCUT2D eigenvalue weighted by Crippen LogP contribution is -2.71. The molecule has 1 aromatic heterocycles. The lowest BCUT2D eigenvalue weighted by molar-refractivity contribution is -0.140. The first-order valence-electron chi connectivity index (χ1n) is 11.7. The zero-order valence-electron chi connectivity index (χ0n) is 20.0. The average molecular weight is 470 g/mol. The lowest BCUT2D eigenvalue weighted by Gasteiger charge is -2.58. The van der Waals surface area contributed by atoms with Crippen molar-refractivity contribution in [1.82, 2.24) is 25.1 Å². The van der Waals surface area contributed by atoms with E-state index in [9.17, 15) is 9.59 Å². The van der Waals surface area contributed by atoms with Gasteiger partial charge in [-0.1, -0.05) is 30.3 Å². The molecule has 3 saturated heterocycles. The highest BCUT2D eigenvalue weighted by atomic mass is 16.7. The zero-order valence-corrected chi connectivity index (χ0v) is 20.0. The Bertz CT molecular complexity index is 1040. The molecule has 4 heterocycles. The molecule has 10 nitrogen and oxygen atoms in total. The first-order chi connectivity index (χ1) is 16.2. The maximum absolute atomic E-state index is 13.3. The summed E-state index contributed by atoms with van der Waals surface area (Å²) in [6, 6.07) is 9.62. The molecule has 0 N–H and O–H groups in total. The van der Waals surface area contributed by atoms with Gasteiger partial charge in [-0.25, -0.2) is 9.59 Å². The van der Waals surface area contributed by atoms with Gasteiger partial charge in [0.1, 0.15) is 17.7 Å². The Balaban J connectivity index is 1.33. The summed E-state index contributed by atoms with van der Waals surface area (Å²) in [5, 5.41) is 9.51. The van der Waals surface area contributed by atoms with Crippen LogP contribution in [0.1, 0.15) is 52.0 Å². The van der Waals surface area contributed by atoms with E-state index >= 15 is 0 Å². The predicted octanol–water partition coefficient (Wildman–Crippen LogP) is 3.55. The fourth-order valence-electron chi connectivity index (χ4n) is 5.36. The van der Waals surface area contributed by atoms with Crippen molar-refractivity contribution in [3.8, 4) is 0 Å². The number of rotatable bonds is 5. The van der Waals surface area contributed by atoms with Crippen LogP contribution in [0.15, 0.2) is 41.1 Å². The minimum Gasteiger partial charge on any atom is -0.444 e. The van der Waals surface area contributed by atoms with Crippen LogP contribution >= 0.6 is 0 Å². The third-order valence-electron chi connectivity index (χ3n) is 7.12. The van der Waals surface area contributed by atoms with Crippen molar-refractivity contribution >= 4 is 12.1 Å². The molecule has 3 aliphatic rings. The number of amides is 3. The SMILES string of the molecule is CC(C)(C)OC(=O)N1CC([C@@H]2CC[C@@H]3CN2C(=O)N3OCc2ccccc2)C1(C)c1nnco1. The predicted molar refractivity (Wildman–Crippen MR) is 120 cm³/mol. The van der Waals surface area contributed by atoms with Crippen molar-refractivity contribution in [3.63, 3.8) is 0 Å². The van der Waals surface area contributed by atoms with Gasteiger partial charge in [-0.3, -0.25) is 9.74 Å². The number of hydrogen-bond acceptors (Lipinski definition) is 7. The van der Waals surface area contributed by atoms with Crippen LogP contribution in [-0.2, 0) is 21.7 Å². The van der Waals surface area contributed by atoms with Crippen molar-refractivity contribution in [3.05, 3.63) is 48.2 Å². The molecule has 2 unspecified atom stereocenters. The standard InChI is InChI=1S/C24H31N5O5/c1-23(2,3)34-22(31)28-13-18(24(28,4)20-26-25-15-32-20)19-11-10-17-12-27(19)21(30)29(17)33-14-16-8-6-5-7-9-16/h5-9,15,17-19H,10-14H2,1-4H3/t17-,18?,19+,24?/m1/s1. The molecule has 0 aliphatic carbocycles. The minimum absolute atomic E-state index is 0.0177. The summed E-state index contributed by atoms with van der Waals surface area (Å²) in [6.45, 7) is 8.80. The van der Waals surface area contributed by atoms with E-state index in [0.717, 1.165) is 18.4 Å². The fourth-order valence-corrected chi connectivity index (χ4v) is 5.36. The first kappa shape index (κ1) is 22.6. The maximum atomic E-state index is 13.3. The molecule has 1 aromatic carbocycles. The van der Waals surface area contributed by atoms with E-state index in [1.54, 1.807) is 4.90 Å². The van der Waals surface area contributed by atoms with Crippen LogP contribution in [0.3, 0.4) is 0 Å². The van der Waals surface area contributed by atoms with Crippen LogP contribution in [0.2, 0.25) is 0 Å². The van der Waals surface area contributed by atoms with Gasteiger partial charge in [-0.05, 0) is 46.1 Å². The third kappa shape index (κ3) is 3.79. The second-order valence-electron chi connectivity index (χ2n) is 10.4. The molecule has 3 fully saturated rings. The number of hydroxylamine groups is 2. The molecule has 5 rings (SSSR count). The van der Waals surface area contributed by atoms with Gasteiger partial charge in [0.25, 0.3) is 0 Å². The van der Waals surface area contributed by atoms with E-state index in [1.807, 2.05) is 62.9 Å². The number of carbonyl (C=O) groups excluding carboxylic acids is 2. The van der Waals surface area contributed by atoms with Crippen LogP contribution in [0.25, 0.3) is 0 Å². The highest BCUT2D eigenvalue weighted by Gasteiger charge is 2.63. The fraction of sp³-hybridized carbons (Fsp3) is 0.583. The Hall–Kier alpha value is -3.14. The van der Waals surface area contributed by atoms with E-state index in [2.05, 4.69) is 10.2 Å². The van der Waals surface area contributed by atoms with Gasteiger partial charge in [0.2, 0.25) is 12.3 Å². The second kappa shape index (κ2) is 8.26. The third-order valence-corrected chi connectivity index (χ3v) is 7.12. The lowest BCUT2D eigenvalue weighted by atomic mass is 9.69. The van der Waals surface area contributed by atoms with Crippen molar-refractivity contribution in [2.75, 3.05) is 13.1 Å². The minimum atomic E-state index is -0.866. The largest absolute Gasteiger partial charge is 0.444 e. The average Bonchev–Trinajstić information content (AvgIpc) is 3.40. The van der Waals surface area contributed by atoms with Gasteiger partial charge in [0.05, 0.1) is 6.04 Å². The summed E-state index contributed by atoms with van der Waals surface area (Å²) in [5.41, 5.74) is -0.480. The van der Waals surface area contributed by atoms with Crippen LogP contribution in [0.4, 0.5) is 9.59 Å². The molecule has 0 saturated carbocycles. The number of likely N-dealkylation sites (tertiary alicyclic amines) is 1. The summed E-state index contributed by atoms with van der Waals surface area (Å²) in [4.78, 5) is 35.8. The Labute approximate surface area is 198 Å². The Morgan fingerprint density at radius 3 is 2.65 bits per heavy atom. The molecule has 3 amide bonds. The van der Waals surface area contributed by atoms with E-state index in [-0.39, 0.29) is 24.0 Å². The molecule has 2 aromatic rings. The molecule has 3 aliphatic heterocycles. The van der Waals surface area contributed by atoms with Gasteiger partial charge in [0.15, 0.2) is 0 Å². The second-order valence-corrected chi connectivity index (χ2v) is 10.4. The molecule has 4 atom stereocenters. The van der Waals surface area contributed by atoms with Gasteiger partial charge in [-0.15, -0.1) is 10.2 Å². The number of carbonyl (C=O) groups is 2. The summed E-state index contributed by atoms with van der Waals surface area (Å²) in [7, 11) is 0. The van der Waals surface area contributed by atoms with E-state index in [4.69, 9.17) is 14.0 Å². The highest BCUT2D eigenvalue weighted by Crippen LogP contribution is 2.50. The summed E-state index contributed by atoms with van der Waals surface area (Å²) in [5.74, 6) is 0.278. The smallest absolute Gasteiger partial charge is 0.411 e. The van der Waals surface area contributed by atoms with Crippen molar-refractivity contribution in [2.45, 2.75) is 70.4 Å². The Kier molecular flexibility index (Phi) is 5.50.